The molecule has 8 nitrogen and oxygen atoms in total. The molecular formula is C22H21N5O3. The van der Waals surface area contributed by atoms with E-state index in [9.17, 15) is 9.59 Å². The predicted molar refractivity (Wildman–Crippen MR) is 110 cm³/mol. The molecule has 0 unspecified atom stereocenters. The van der Waals surface area contributed by atoms with Gasteiger partial charge in [0.15, 0.2) is 6.61 Å². The first kappa shape index (κ1) is 20.6. The van der Waals surface area contributed by atoms with Crippen molar-refractivity contribution in [2.24, 2.45) is 0 Å². The van der Waals surface area contributed by atoms with Crippen molar-refractivity contribution in [3.8, 4) is 17.5 Å². The van der Waals surface area contributed by atoms with E-state index in [0.717, 1.165) is 22.6 Å². The van der Waals surface area contributed by atoms with E-state index < -0.39 is 5.91 Å². The van der Waals surface area contributed by atoms with Gasteiger partial charge in [0.05, 0.1) is 23.4 Å². The van der Waals surface area contributed by atoms with Crippen LogP contribution in [0.25, 0.3) is 5.69 Å². The third-order valence-corrected chi connectivity index (χ3v) is 4.49. The molecule has 152 valence electrons. The Bertz CT molecular complexity index is 1100. The topological polar surface area (TPSA) is 109 Å². The van der Waals surface area contributed by atoms with Crippen molar-refractivity contribution >= 4 is 11.8 Å². The van der Waals surface area contributed by atoms with Crippen molar-refractivity contribution in [2.75, 3.05) is 6.61 Å². The zero-order valence-electron chi connectivity index (χ0n) is 16.7. The molecule has 8 heteroatoms. The van der Waals surface area contributed by atoms with Crippen molar-refractivity contribution in [1.29, 1.82) is 5.26 Å². The lowest BCUT2D eigenvalue weighted by atomic mass is 10.1. The van der Waals surface area contributed by atoms with E-state index in [1.165, 1.54) is 0 Å². The number of ether oxygens (including phenoxy) is 1. The van der Waals surface area contributed by atoms with Crippen LogP contribution in [0.3, 0.4) is 0 Å². The number of amides is 2. The molecule has 0 aliphatic carbocycles. The summed E-state index contributed by atoms with van der Waals surface area (Å²) in [5, 5.41) is 13.5. The van der Waals surface area contributed by atoms with E-state index in [0.29, 0.717) is 11.3 Å². The molecule has 2 aromatic carbocycles. The number of hydrogen-bond acceptors (Lipinski definition) is 5. The van der Waals surface area contributed by atoms with Crippen LogP contribution in [0.5, 0.6) is 5.75 Å². The number of rotatable bonds is 6. The summed E-state index contributed by atoms with van der Waals surface area (Å²) < 4.78 is 7.12. The summed E-state index contributed by atoms with van der Waals surface area (Å²) in [6.45, 7) is 3.41. The molecule has 2 N–H and O–H groups in total. The zero-order valence-corrected chi connectivity index (χ0v) is 16.7. The highest BCUT2D eigenvalue weighted by Gasteiger charge is 2.16. The van der Waals surface area contributed by atoms with Gasteiger partial charge in [0, 0.05) is 11.3 Å². The Morgan fingerprint density at radius 2 is 1.70 bits per heavy atom. The fourth-order valence-corrected chi connectivity index (χ4v) is 2.96. The Hall–Kier alpha value is -4.12. The molecule has 0 fully saturated rings. The molecule has 0 saturated heterocycles. The van der Waals surface area contributed by atoms with Crippen LogP contribution in [0.15, 0.2) is 54.6 Å². The van der Waals surface area contributed by atoms with Gasteiger partial charge >= 0.3 is 0 Å². The molecule has 1 heterocycles. The Balaban J connectivity index is 1.54. The van der Waals surface area contributed by atoms with Crippen molar-refractivity contribution in [2.45, 2.75) is 20.3 Å². The minimum absolute atomic E-state index is 0.0723. The lowest BCUT2D eigenvalue weighted by Crippen LogP contribution is -2.44. The number of nitrogens with one attached hydrogen (secondary N) is 2. The Kier molecular flexibility index (Phi) is 6.45. The van der Waals surface area contributed by atoms with E-state index in [1.54, 1.807) is 28.9 Å². The number of benzene rings is 2. The molecule has 1 aromatic heterocycles. The zero-order chi connectivity index (χ0) is 21.5. The Labute approximate surface area is 174 Å². The fourth-order valence-electron chi connectivity index (χ4n) is 2.96. The lowest BCUT2D eigenvalue weighted by molar-refractivity contribution is -0.129. The van der Waals surface area contributed by atoms with E-state index in [4.69, 9.17) is 10.00 Å². The van der Waals surface area contributed by atoms with Gasteiger partial charge in [-0.2, -0.15) is 10.4 Å². The number of para-hydroxylation sites is 2. The van der Waals surface area contributed by atoms with Crippen LogP contribution >= 0.6 is 0 Å². The normalized spacial score (nSPS) is 10.2. The summed E-state index contributed by atoms with van der Waals surface area (Å²) in [4.78, 5) is 24.2. The standard InChI is InChI=1S/C22H21N5O3/c1-15-19(16(2)27(26-15)18-9-4-3-5-10-18)12-21(28)24-25-22(29)14-30-20-11-7-6-8-17(20)13-23/h3-11H,12,14H2,1-2H3,(H,24,28)(H,25,29). The summed E-state index contributed by atoms with van der Waals surface area (Å²) in [7, 11) is 0. The van der Waals surface area contributed by atoms with E-state index in [2.05, 4.69) is 16.0 Å². The minimum Gasteiger partial charge on any atom is -0.482 e. The van der Waals surface area contributed by atoms with Crippen LogP contribution in [-0.2, 0) is 16.0 Å². The van der Waals surface area contributed by atoms with Gasteiger partial charge in [0.2, 0.25) is 5.91 Å². The number of hydrazine groups is 1. The second kappa shape index (κ2) is 9.39. The summed E-state index contributed by atoms with van der Waals surface area (Å²) in [5.74, 6) is -0.606. The van der Waals surface area contributed by atoms with Crippen LogP contribution in [0.2, 0.25) is 0 Å². The third-order valence-electron chi connectivity index (χ3n) is 4.49. The minimum atomic E-state index is -0.537. The first-order valence-electron chi connectivity index (χ1n) is 9.29. The quantitative estimate of drug-likeness (QED) is 0.613. The third kappa shape index (κ3) is 4.83. The molecule has 3 aromatic rings. The van der Waals surface area contributed by atoms with E-state index in [-0.39, 0.29) is 18.9 Å². The van der Waals surface area contributed by atoms with Crippen molar-refractivity contribution in [3.05, 3.63) is 77.1 Å². The SMILES string of the molecule is Cc1nn(-c2ccccc2)c(C)c1CC(=O)NNC(=O)COc1ccccc1C#N. The predicted octanol–water partition coefficient (Wildman–Crippen LogP) is 2.13. The highest BCUT2D eigenvalue weighted by molar-refractivity contribution is 5.84. The molecule has 0 spiro atoms. The van der Waals surface area contributed by atoms with Gasteiger partial charge in [-0.05, 0) is 38.1 Å². The summed E-state index contributed by atoms with van der Waals surface area (Å²) >= 11 is 0. The van der Waals surface area contributed by atoms with Gasteiger partial charge in [-0.3, -0.25) is 20.4 Å². The van der Waals surface area contributed by atoms with Gasteiger partial charge in [0.25, 0.3) is 5.91 Å². The largest absolute Gasteiger partial charge is 0.482 e. The Morgan fingerprint density at radius 3 is 2.43 bits per heavy atom. The number of nitriles is 1. The second-order valence-corrected chi connectivity index (χ2v) is 6.57. The molecule has 0 saturated carbocycles. The molecule has 30 heavy (non-hydrogen) atoms. The first-order chi connectivity index (χ1) is 14.5. The van der Waals surface area contributed by atoms with Gasteiger partial charge < -0.3 is 4.74 Å². The molecule has 2 amide bonds. The Morgan fingerprint density at radius 1 is 1.03 bits per heavy atom. The highest BCUT2D eigenvalue weighted by Crippen LogP contribution is 2.18. The maximum atomic E-state index is 12.3. The second-order valence-electron chi connectivity index (χ2n) is 6.57. The first-order valence-corrected chi connectivity index (χ1v) is 9.29. The molecular weight excluding hydrogens is 382 g/mol. The highest BCUT2D eigenvalue weighted by atomic mass is 16.5. The van der Waals surface area contributed by atoms with E-state index in [1.807, 2.05) is 50.2 Å². The molecule has 0 bridgehead atoms. The summed E-state index contributed by atoms with van der Waals surface area (Å²) in [5.41, 5.74) is 8.33. The average Bonchev–Trinajstić information content (AvgIpc) is 3.05. The number of aromatic nitrogens is 2. The maximum absolute atomic E-state index is 12.3. The monoisotopic (exact) mass is 403 g/mol. The molecule has 0 aliphatic rings. The fraction of sp³-hybridized carbons (Fsp3) is 0.182. The van der Waals surface area contributed by atoms with Crippen LogP contribution in [-0.4, -0.2) is 28.2 Å². The smallest absolute Gasteiger partial charge is 0.276 e. The van der Waals surface area contributed by atoms with Gasteiger partial charge in [-0.15, -0.1) is 0 Å². The van der Waals surface area contributed by atoms with Gasteiger partial charge in [0.1, 0.15) is 11.8 Å². The van der Waals surface area contributed by atoms with Crippen molar-refractivity contribution in [1.82, 2.24) is 20.6 Å². The molecule has 0 atom stereocenters. The average molecular weight is 403 g/mol. The number of nitrogens with zero attached hydrogens (tertiary/aromatic N) is 3. The number of carbonyl (C=O) groups excluding carboxylic acids is 2. The number of aryl methyl sites for hydroxylation is 1. The van der Waals surface area contributed by atoms with Crippen LogP contribution in [0.4, 0.5) is 0 Å². The van der Waals surface area contributed by atoms with E-state index >= 15 is 0 Å². The van der Waals surface area contributed by atoms with Crippen molar-refractivity contribution < 1.29 is 14.3 Å². The van der Waals surface area contributed by atoms with Gasteiger partial charge in [-0.1, -0.05) is 30.3 Å². The number of carbonyl (C=O) groups is 2. The summed E-state index contributed by atoms with van der Waals surface area (Å²) in [6.07, 6.45) is 0.0723. The number of hydrogen-bond donors (Lipinski definition) is 2. The van der Waals surface area contributed by atoms with Gasteiger partial charge in [-0.25, -0.2) is 4.68 Å². The lowest BCUT2D eigenvalue weighted by Gasteiger charge is -2.10. The summed E-state index contributed by atoms with van der Waals surface area (Å²) in [6, 6.07) is 18.2. The van der Waals surface area contributed by atoms with Crippen molar-refractivity contribution in [3.63, 3.8) is 0 Å². The van der Waals surface area contributed by atoms with Crippen LogP contribution in [0, 0.1) is 25.2 Å². The van der Waals surface area contributed by atoms with Crippen LogP contribution < -0.4 is 15.6 Å². The van der Waals surface area contributed by atoms with Crippen LogP contribution in [0.1, 0.15) is 22.5 Å². The molecule has 3 rings (SSSR count). The maximum Gasteiger partial charge on any atom is 0.276 e. The molecule has 0 radical (unpaired) electrons. The molecule has 0 aliphatic heterocycles.